The van der Waals surface area contributed by atoms with E-state index in [-0.39, 0.29) is 0 Å². The van der Waals surface area contributed by atoms with Crippen LogP contribution in [0.15, 0.2) is 29.6 Å². The smallest absolute Gasteiger partial charge is 0.117 e. The van der Waals surface area contributed by atoms with Crippen molar-refractivity contribution < 1.29 is 0 Å². The van der Waals surface area contributed by atoms with E-state index in [0.29, 0.717) is 5.92 Å². The van der Waals surface area contributed by atoms with E-state index >= 15 is 0 Å². The third-order valence-corrected chi connectivity index (χ3v) is 4.16. The summed E-state index contributed by atoms with van der Waals surface area (Å²) in [5, 5.41) is 2.14. The van der Waals surface area contributed by atoms with Gasteiger partial charge in [-0.3, -0.25) is 0 Å². The topological polar surface area (TPSA) is 51.8 Å². The highest BCUT2D eigenvalue weighted by atomic mass is 32.2. The second-order valence-corrected chi connectivity index (χ2v) is 5.29. The Kier molecular flexibility index (Phi) is 3.84. The fraction of sp³-hybridized carbons (Fsp3) is 0.385. The maximum atomic E-state index is 5.75. The molecular weight excluding hydrogens is 230 g/mol. The molecule has 2 rings (SSSR count). The van der Waals surface area contributed by atoms with Gasteiger partial charge in [0, 0.05) is 16.8 Å². The molecule has 0 radical (unpaired) electrons. The van der Waals surface area contributed by atoms with Gasteiger partial charge < -0.3 is 5.73 Å². The molecular formula is C13H17N3S. The Morgan fingerprint density at radius 1 is 1.35 bits per heavy atom. The molecule has 17 heavy (non-hydrogen) atoms. The number of rotatable bonds is 4. The zero-order valence-electron chi connectivity index (χ0n) is 10.2. The molecule has 1 aromatic carbocycles. The summed E-state index contributed by atoms with van der Waals surface area (Å²) in [5.41, 5.74) is 7.42. The summed E-state index contributed by atoms with van der Waals surface area (Å²) in [6, 6.07) is 5.80. The molecule has 2 aromatic rings. The van der Waals surface area contributed by atoms with Crippen molar-refractivity contribution in [2.45, 2.75) is 25.3 Å². The van der Waals surface area contributed by atoms with Crippen molar-refractivity contribution in [1.29, 1.82) is 0 Å². The number of fused-ring (bicyclic) bond motifs is 1. The van der Waals surface area contributed by atoms with Crippen LogP contribution in [0.2, 0.25) is 0 Å². The number of thioether (sulfide) groups is 1. The lowest BCUT2D eigenvalue weighted by Crippen LogP contribution is -1.97. The van der Waals surface area contributed by atoms with E-state index < -0.39 is 0 Å². The second-order valence-electron chi connectivity index (χ2n) is 4.28. The zero-order valence-corrected chi connectivity index (χ0v) is 11.0. The maximum Gasteiger partial charge on any atom is 0.117 e. The highest BCUT2D eigenvalue weighted by Gasteiger charge is 2.06. The van der Waals surface area contributed by atoms with Crippen molar-refractivity contribution in [3.8, 4) is 0 Å². The van der Waals surface area contributed by atoms with Gasteiger partial charge in [0.1, 0.15) is 11.4 Å². The minimum Gasteiger partial charge on any atom is -0.399 e. The molecule has 1 heterocycles. The summed E-state index contributed by atoms with van der Waals surface area (Å²) in [6.45, 7) is 4.47. The normalized spacial score (nSPS) is 12.8. The van der Waals surface area contributed by atoms with Crippen molar-refractivity contribution in [3.05, 3.63) is 24.5 Å². The average Bonchev–Trinajstić information content (AvgIpc) is 2.35. The molecule has 90 valence electrons. The SMILES string of the molecule is CCC(C)CSc1ncnc2cc(N)ccc12. The van der Waals surface area contributed by atoms with Crippen molar-refractivity contribution in [2.24, 2.45) is 5.92 Å². The van der Waals surface area contributed by atoms with E-state index in [1.807, 2.05) is 18.2 Å². The van der Waals surface area contributed by atoms with E-state index in [2.05, 4.69) is 23.8 Å². The first-order chi connectivity index (χ1) is 8.20. The van der Waals surface area contributed by atoms with Crippen LogP contribution in [0.3, 0.4) is 0 Å². The van der Waals surface area contributed by atoms with E-state index in [1.54, 1.807) is 18.1 Å². The van der Waals surface area contributed by atoms with Crippen LogP contribution in [-0.4, -0.2) is 15.7 Å². The van der Waals surface area contributed by atoms with Gasteiger partial charge in [0.15, 0.2) is 0 Å². The summed E-state index contributed by atoms with van der Waals surface area (Å²) in [5.74, 6) is 1.80. The molecule has 4 heteroatoms. The molecule has 0 amide bonds. The molecule has 0 bridgehead atoms. The number of nitrogens with two attached hydrogens (primary N) is 1. The molecule has 0 saturated heterocycles. The predicted octanol–water partition coefficient (Wildman–Crippen LogP) is 3.35. The van der Waals surface area contributed by atoms with Crippen LogP contribution >= 0.6 is 11.8 Å². The summed E-state index contributed by atoms with van der Waals surface area (Å²) in [4.78, 5) is 8.60. The molecule has 3 nitrogen and oxygen atoms in total. The van der Waals surface area contributed by atoms with Crippen molar-refractivity contribution in [3.63, 3.8) is 0 Å². The number of hydrogen-bond donors (Lipinski definition) is 1. The Hall–Kier alpha value is -1.29. The Morgan fingerprint density at radius 3 is 2.94 bits per heavy atom. The second kappa shape index (κ2) is 5.36. The van der Waals surface area contributed by atoms with Gasteiger partial charge in [-0.1, -0.05) is 20.3 Å². The Bertz CT molecular complexity index is 513. The van der Waals surface area contributed by atoms with Gasteiger partial charge >= 0.3 is 0 Å². The van der Waals surface area contributed by atoms with Crippen molar-refractivity contribution >= 4 is 28.4 Å². The molecule has 0 aliphatic carbocycles. The lowest BCUT2D eigenvalue weighted by atomic mass is 10.2. The zero-order chi connectivity index (χ0) is 12.3. The Labute approximate surface area is 106 Å². The van der Waals surface area contributed by atoms with E-state index in [9.17, 15) is 0 Å². The van der Waals surface area contributed by atoms with Gasteiger partial charge in [-0.05, 0) is 24.1 Å². The molecule has 0 saturated carbocycles. The lowest BCUT2D eigenvalue weighted by Gasteiger charge is -2.08. The summed E-state index contributed by atoms with van der Waals surface area (Å²) >= 11 is 1.80. The fourth-order valence-corrected chi connectivity index (χ4v) is 2.63. The fourth-order valence-electron chi connectivity index (χ4n) is 1.50. The molecule has 1 atom stereocenters. The Balaban J connectivity index is 2.28. The van der Waals surface area contributed by atoms with Gasteiger partial charge in [-0.25, -0.2) is 9.97 Å². The van der Waals surface area contributed by atoms with Crippen molar-refractivity contribution in [1.82, 2.24) is 9.97 Å². The summed E-state index contributed by atoms with van der Waals surface area (Å²) < 4.78 is 0. The van der Waals surface area contributed by atoms with Crippen LogP contribution in [0.5, 0.6) is 0 Å². The highest BCUT2D eigenvalue weighted by molar-refractivity contribution is 7.99. The average molecular weight is 247 g/mol. The van der Waals surface area contributed by atoms with Crippen LogP contribution in [0.4, 0.5) is 5.69 Å². The van der Waals surface area contributed by atoms with Crippen LogP contribution in [-0.2, 0) is 0 Å². The number of nitrogens with zero attached hydrogens (tertiary/aromatic N) is 2. The standard InChI is InChI=1S/C13H17N3S/c1-3-9(2)7-17-13-11-5-4-10(14)6-12(11)15-8-16-13/h4-6,8-9H,3,7,14H2,1-2H3. The minimum absolute atomic E-state index is 0.707. The van der Waals surface area contributed by atoms with Gasteiger partial charge in [0.2, 0.25) is 0 Å². The number of aromatic nitrogens is 2. The number of nitrogen functional groups attached to an aromatic ring is 1. The first-order valence-electron chi connectivity index (χ1n) is 5.83. The van der Waals surface area contributed by atoms with Crippen LogP contribution in [0.25, 0.3) is 10.9 Å². The third-order valence-electron chi connectivity index (χ3n) is 2.83. The van der Waals surface area contributed by atoms with E-state index in [1.165, 1.54) is 6.42 Å². The van der Waals surface area contributed by atoms with E-state index in [0.717, 1.165) is 27.4 Å². The molecule has 0 aliphatic rings. The van der Waals surface area contributed by atoms with Crippen molar-refractivity contribution in [2.75, 3.05) is 11.5 Å². The quantitative estimate of drug-likeness (QED) is 0.511. The predicted molar refractivity (Wildman–Crippen MR) is 74.1 cm³/mol. The Morgan fingerprint density at radius 2 is 2.18 bits per heavy atom. The van der Waals surface area contributed by atoms with Crippen LogP contribution in [0.1, 0.15) is 20.3 Å². The van der Waals surface area contributed by atoms with Crippen LogP contribution in [0, 0.1) is 5.92 Å². The largest absolute Gasteiger partial charge is 0.399 e. The molecule has 0 spiro atoms. The lowest BCUT2D eigenvalue weighted by molar-refractivity contribution is 0.636. The monoisotopic (exact) mass is 247 g/mol. The van der Waals surface area contributed by atoms with Gasteiger partial charge in [-0.2, -0.15) is 0 Å². The van der Waals surface area contributed by atoms with E-state index in [4.69, 9.17) is 5.73 Å². The molecule has 0 fully saturated rings. The first kappa shape index (κ1) is 12.2. The molecule has 2 N–H and O–H groups in total. The third kappa shape index (κ3) is 2.88. The summed E-state index contributed by atoms with van der Waals surface area (Å²) in [6.07, 6.45) is 2.81. The molecule has 0 aliphatic heterocycles. The van der Waals surface area contributed by atoms with Gasteiger partial charge in [-0.15, -0.1) is 11.8 Å². The summed E-state index contributed by atoms with van der Waals surface area (Å²) in [7, 11) is 0. The minimum atomic E-state index is 0.707. The number of hydrogen-bond acceptors (Lipinski definition) is 4. The highest BCUT2D eigenvalue weighted by Crippen LogP contribution is 2.27. The number of benzene rings is 1. The van der Waals surface area contributed by atoms with Gasteiger partial charge in [0.25, 0.3) is 0 Å². The first-order valence-corrected chi connectivity index (χ1v) is 6.82. The van der Waals surface area contributed by atoms with Crippen LogP contribution < -0.4 is 5.73 Å². The number of anilines is 1. The maximum absolute atomic E-state index is 5.75. The van der Waals surface area contributed by atoms with Gasteiger partial charge in [0.05, 0.1) is 5.52 Å². The molecule has 1 aromatic heterocycles. The molecule has 1 unspecified atom stereocenters.